The van der Waals surface area contributed by atoms with Gasteiger partial charge in [-0.3, -0.25) is 9.59 Å². The molecule has 0 saturated carbocycles. The molecule has 1 saturated heterocycles. The average molecular weight is 486 g/mol. The molecule has 2 heterocycles. The van der Waals surface area contributed by atoms with Gasteiger partial charge in [-0.15, -0.1) is 0 Å². The van der Waals surface area contributed by atoms with E-state index in [4.69, 9.17) is 9.26 Å². The van der Waals surface area contributed by atoms with Gasteiger partial charge in [0.25, 0.3) is 0 Å². The fraction of sp³-hybridized carbons (Fsp3) is 0.250. The summed E-state index contributed by atoms with van der Waals surface area (Å²) < 4.78 is 25.0. The maximum Gasteiger partial charge on any atom is 0.309 e. The first kappa shape index (κ1) is 22.3. The molecule has 4 aromatic rings. The molecule has 0 unspecified atom stereocenters. The molecule has 1 aliphatic heterocycles. The van der Waals surface area contributed by atoms with E-state index in [1.807, 2.05) is 31.2 Å². The SMILES string of the molecule is CCOC(=O)C1CCN(c2cc(Nc3cccc(F)c3)c3c4c(onc24)-c2ccccc2C3=O)CC1. The highest BCUT2D eigenvalue weighted by Crippen LogP contribution is 2.46. The van der Waals surface area contributed by atoms with E-state index >= 15 is 0 Å². The Morgan fingerprint density at radius 1 is 1.14 bits per heavy atom. The van der Waals surface area contributed by atoms with Crippen LogP contribution in [0.4, 0.5) is 21.5 Å². The molecule has 0 radical (unpaired) electrons. The molecule has 1 fully saturated rings. The van der Waals surface area contributed by atoms with Crippen LogP contribution in [0, 0.1) is 11.7 Å². The van der Waals surface area contributed by atoms with E-state index in [1.165, 1.54) is 12.1 Å². The number of hydrogen-bond donors (Lipinski definition) is 1. The van der Waals surface area contributed by atoms with E-state index < -0.39 is 0 Å². The molecule has 0 bridgehead atoms. The van der Waals surface area contributed by atoms with Gasteiger partial charge < -0.3 is 19.5 Å². The van der Waals surface area contributed by atoms with Gasteiger partial charge in [-0.05, 0) is 44.0 Å². The van der Waals surface area contributed by atoms with Crippen LogP contribution in [0.3, 0.4) is 0 Å². The van der Waals surface area contributed by atoms with Crippen molar-refractivity contribution in [1.82, 2.24) is 5.16 Å². The van der Waals surface area contributed by atoms with E-state index in [2.05, 4.69) is 15.4 Å². The van der Waals surface area contributed by atoms with Crippen LogP contribution in [0.1, 0.15) is 35.7 Å². The Bertz CT molecular complexity index is 1500. The minimum Gasteiger partial charge on any atom is -0.466 e. The molecule has 2 aliphatic rings. The van der Waals surface area contributed by atoms with Crippen molar-refractivity contribution in [2.75, 3.05) is 29.9 Å². The molecule has 8 heteroatoms. The molecule has 182 valence electrons. The third-order valence-corrected chi connectivity index (χ3v) is 6.94. The molecule has 1 aliphatic carbocycles. The number of aromatic nitrogens is 1. The number of carbonyl (C=O) groups is 2. The molecule has 36 heavy (non-hydrogen) atoms. The second-order valence-corrected chi connectivity index (χ2v) is 9.08. The summed E-state index contributed by atoms with van der Waals surface area (Å²) in [4.78, 5) is 28.1. The Morgan fingerprint density at radius 2 is 1.92 bits per heavy atom. The van der Waals surface area contributed by atoms with Gasteiger partial charge in [0.2, 0.25) is 0 Å². The largest absolute Gasteiger partial charge is 0.466 e. The van der Waals surface area contributed by atoms with Crippen molar-refractivity contribution in [2.45, 2.75) is 19.8 Å². The summed E-state index contributed by atoms with van der Waals surface area (Å²) in [6.45, 7) is 3.44. The van der Waals surface area contributed by atoms with Gasteiger partial charge in [0.15, 0.2) is 11.5 Å². The van der Waals surface area contributed by atoms with Crippen LogP contribution in [0.2, 0.25) is 0 Å². The minimum absolute atomic E-state index is 0.138. The van der Waals surface area contributed by atoms with Crippen molar-refractivity contribution in [1.29, 1.82) is 0 Å². The summed E-state index contributed by atoms with van der Waals surface area (Å²) in [6, 6.07) is 15.3. The summed E-state index contributed by atoms with van der Waals surface area (Å²) >= 11 is 0. The first-order chi connectivity index (χ1) is 17.5. The standard InChI is InChI=1S/C28H24FN3O4/c1-2-35-28(34)16-10-12-32(13-11-16)22-15-21(30-18-7-5-6-17(29)14-18)23-24-25(22)31-36-27(24)20-9-4-3-8-19(20)26(23)33/h3-9,14-16,30H,2,10-13H2,1H3. The van der Waals surface area contributed by atoms with Gasteiger partial charge in [0, 0.05) is 29.9 Å². The van der Waals surface area contributed by atoms with Gasteiger partial charge in [0.1, 0.15) is 11.3 Å². The summed E-state index contributed by atoms with van der Waals surface area (Å²) in [5, 5.41) is 8.30. The van der Waals surface area contributed by atoms with Crippen LogP contribution in [0.5, 0.6) is 0 Å². The van der Waals surface area contributed by atoms with Crippen LogP contribution in [0.15, 0.2) is 59.1 Å². The lowest BCUT2D eigenvalue weighted by Gasteiger charge is -2.33. The highest BCUT2D eigenvalue weighted by molar-refractivity contribution is 6.28. The lowest BCUT2D eigenvalue weighted by Crippen LogP contribution is -2.37. The number of rotatable bonds is 5. The van der Waals surface area contributed by atoms with Crippen LogP contribution in [-0.4, -0.2) is 36.6 Å². The third-order valence-electron chi connectivity index (χ3n) is 6.94. The molecular weight excluding hydrogens is 461 g/mol. The fourth-order valence-corrected chi connectivity index (χ4v) is 5.22. The number of hydrogen-bond acceptors (Lipinski definition) is 7. The van der Waals surface area contributed by atoms with E-state index in [-0.39, 0.29) is 23.5 Å². The van der Waals surface area contributed by atoms with Crippen molar-refractivity contribution in [3.63, 3.8) is 0 Å². The third kappa shape index (κ3) is 3.61. The van der Waals surface area contributed by atoms with Crippen LogP contribution < -0.4 is 10.2 Å². The maximum absolute atomic E-state index is 14.0. The number of piperidine rings is 1. The first-order valence-corrected chi connectivity index (χ1v) is 12.1. The molecule has 0 spiro atoms. The summed E-state index contributed by atoms with van der Waals surface area (Å²) in [5.41, 5.74) is 4.18. The molecule has 0 amide bonds. The number of carbonyl (C=O) groups excluding carboxylic acids is 2. The molecule has 3 aromatic carbocycles. The quantitative estimate of drug-likeness (QED) is 0.320. The number of ether oxygens (including phenoxy) is 1. The van der Waals surface area contributed by atoms with Crippen molar-refractivity contribution >= 4 is 39.7 Å². The number of nitrogens with one attached hydrogen (secondary N) is 1. The van der Waals surface area contributed by atoms with Gasteiger partial charge in [-0.1, -0.05) is 35.5 Å². The number of fused-ring (bicyclic) bond motifs is 2. The van der Waals surface area contributed by atoms with E-state index in [0.29, 0.717) is 77.3 Å². The zero-order chi connectivity index (χ0) is 24.8. The van der Waals surface area contributed by atoms with Gasteiger partial charge in [-0.2, -0.15) is 0 Å². The van der Waals surface area contributed by atoms with E-state index in [1.54, 1.807) is 18.2 Å². The Kier molecular flexibility index (Phi) is 5.44. The van der Waals surface area contributed by atoms with Crippen LogP contribution in [-0.2, 0) is 9.53 Å². The molecule has 1 N–H and O–H groups in total. The smallest absolute Gasteiger partial charge is 0.309 e. The molecule has 7 nitrogen and oxygen atoms in total. The second kappa shape index (κ2) is 8.78. The molecule has 0 atom stereocenters. The lowest BCUT2D eigenvalue weighted by molar-refractivity contribution is -0.148. The van der Waals surface area contributed by atoms with Gasteiger partial charge in [0.05, 0.1) is 34.8 Å². The topological polar surface area (TPSA) is 84.7 Å². The zero-order valence-electron chi connectivity index (χ0n) is 19.7. The minimum atomic E-state index is -0.377. The van der Waals surface area contributed by atoms with Crippen molar-refractivity contribution < 1.29 is 23.2 Å². The predicted octanol–water partition coefficient (Wildman–Crippen LogP) is 5.70. The van der Waals surface area contributed by atoms with Gasteiger partial charge in [-0.25, -0.2) is 4.39 Å². The van der Waals surface area contributed by atoms with Crippen molar-refractivity contribution in [2.24, 2.45) is 5.92 Å². The maximum atomic E-state index is 14.0. The van der Waals surface area contributed by atoms with Crippen molar-refractivity contribution in [3.8, 4) is 11.3 Å². The molecular formula is C28H24FN3O4. The number of anilines is 3. The predicted molar refractivity (Wildman–Crippen MR) is 134 cm³/mol. The Morgan fingerprint density at radius 3 is 2.67 bits per heavy atom. The Balaban J connectivity index is 1.47. The number of halogens is 1. The fourth-order valence-electron chi connectivity index (χ4n) is 5.22. The first-order valence-electron chi connectivity index (χ1n) is 12.1. The van der Waals surface area contributed by atoms with E-state index in [0.717, 1.165) is 5.69 Å². The van der Waals surface area contributed by atoms with Gasteiger partial charge >= 0.3 is 5.97 Å². The Labute approximate surface area is 206 Å². The van der Waals surface area contributed by atoms with Crippen molar-refractivity contribution in [3.05, 3.63) is 71.5 Å². The molecule has 6 rings (SSSR count). The number of esters is 1. The Hall–Kier alpha value is -4.20. The van der Waals surface area contributed by atoms with Crippen LogP contribution >= 0.6 is 0 Å². The second-order valence-electron chi connectivity index (χ2n) is 9.08. The number of ketones is 1. The highest BCUT2D eigenvalue weighted by Gasteiger charge is 2.35. The normalized spacial score (nSPS) is 15.2. The number of nitrogens with zero attached hydrogens (tertiary/aromatic N) is 2. The average Bonchev–Trinajstić information content (AvgIpc) is 3.33. The lowest BCUT2D eigenvalue weighted by atomic mass is 9.86. The van der Waals surface area contributed by atoms with E-state index in [9.17, 15) is 14.0 Å². The highest BCUT2D eigenvalue weighted by atomic mass is 19.1. The molecule has 1 aromatic heterocycles. The summed E-state index contributed by atoms with van der Waals surface area (Å²) in [7, 11) is 0. The number of benzene rings is 3. The monoisotopic (exact) mass is 485 g/mol. The summed E-state index contributed by atoms with van der Waals surface area (Å²) in [6.07, 6.45) is 1.31. The summed E-state index contributed by atoms with van der Waals surface area (Å²) in [5.74, 6) is -0.274. The van der Waals surface area contributed by atoms with Crippen LogP contribution in [0.25, 0.3) is 22.2 Å². The zero-order valence-corrected chi connectivity index (χ0v) is 19.7.